The predicted molar refractivity (Wildman–Crippen MR) is 66.9 cm³/mol. The maximum Gasteiger partial charge on any atom is 0.167 e. The highest BCUT2D eigenvalue weighted by molar-refractivity contribution is 6.33. The summed E-state index contributed by atoms with van der Waals surface area (Å²) in [5.41, 5.74) is 0.611. The number of unbranched alkanes of at least 4 members (excludes halogenated alkanes) is 1. The van der Waals surface area contributed by atoms with Gasteiger partial charge in [-0.3, -0.25) is 9.78 Å². The molecular weight excluding hydrogens is 222 g/mol. The summed E-state index contributed by atoms with van der Waals surface area (Å²) in [5.74, 6) is 0.253. The van der Waals surface area contributed by atoms with Gasteiger partial charge in [0.05, 0.1) is 5.02 Å². The van der Waals surface area contributed by atoms with Crippen molar-refractivity contribution in [1.29, 1.82) is 0 Å². The van der Waals surface area contributed by atoms with Crippen LogP contribution in [0.1, 0.15) is 49.9 Å². The monoisotopic (exact) mass is 239 g/mol. The zero-order valence-electron chi connectivity index (χ0n) is 9.87. The zero-order chi connectivity index (χ0) is 12.0. The van der Waals surface area contributed by atoms with Gasteiger partial charge in [-0.2, -0.15) is 0 Å². The second-order valence-electron chi connectivity index (χ2n) is 3.97. The highest BCUT2D eigenvalue weighted by Crippen LogP contribution is 2.22. The van der Waals surface area contributed by atoms with E-state index in [0.717, 1.165) is 25.7 Å². The van der Waals surface area contributed by atoms with Crippen LogP contribution in [0.3, 0.4) is 0 Å². The Kier molecular flexibility index (Phi) is 5.47. The summed E-state index contributed by atoms with van der Waals surface area (Å²) in [6.45, 7) is 4.18. The molecule has 1 atom stereocenters. The number of halogens is 1. The minimum atomic E-state index is 0.0971. The number of aromatic nitrogens is 1. The second kappa shape index (κ2) is 6.64. The summed E-state index contributed by atoms with van der Waals surface area (Å²) in [4.78, 5) is 16.1. The number of hydrogen-bond donors (Lipinski definition) is 0. The van der Waals surface area contributed by atoms with Gasteiger partial charge in [-0.1, -0.05) is 38.3 Å². The van der Waals surface area contributed by atoms with E-state index in [1.807, 2.05) is 6.92 Å². The van der Waals surface area contributed by atoms with Crippen LogP contribution in [0, 0.1) is 5.92 Å². The summed E-state index contributed by atoms with van der Waals surface area (Å²) >= 11 is 5.97. The van der Waals surface area contributed by atoms with E-state index < -0.39 is 0 Å². The molecule has 0 aliphatic heterocycles. The highest BCUT2D eigenvalue weighted by atomic mass is 35.5. The number of Topliss-reactive ketones (excluding diaryl/α,β-unsaturated/α-hetero) is 1. The number of carbonyl (C=O) groups is 1. The maximum atomic E-state index is 12.2. The van der Waals surface area contributed by atoms with Crippen LogP contribution in [0.5, 0.6) is 0 Å². The molecule has 0 aliphatic carbocycles. The van der Waals surface area contributed by atoms with Gasteiger partial charge < -0.3 is 0 Å². The summed E-state index contributed by atoms with van der Waals surface area (Å²) in [6, 6.07) is 1.71. The SMILES string of the molecule is CCCC[C@H](CC)C(=O)c1ccncc1Cl. The first-order valence-corrected chi connectivity index (χ1v) is 6.22. The Labute approximate surface area is 102 Å². The number of ketones is 1. The summed E-state index contributed by atoms with van der Waals surface area (Å²) in [7, 11) is 0. The molecule has 3 heteroatoms. The molecule has 1 aromatic heterocycles. The third kappa shape index (κ3) is 3.31. The second-order valence-corrected chi connectivity index (χ2v) is 4.37. The van der Waals surface area contributed by atoms with Crippen molar-refractivity contribution < 1.29 is 4.79 Å². The molecule has 0 bridgehead atoms. The highest BCUT2D eigenvalue weighted by Gasteiger charge is 2.19. The van der Waals surface area contributed by atoms with E-state index in [0.29, 0.717) is 10.6 Å². The lowest BCUT2D eigenvalue weighted by Crippen LogP contribution is -2.14. The average molecular weight is 240 g/mol. The van der Waals surface area contributed by atoms with Gasteiger partial charge >= 0.3 is 0 Å². The van der Waals surface area contributed by atoms with Gasteiger partial charge in [0.25, 0.3) is 0 Å². The Bertz CT molecular complexity index is 352. The van der Waals surface area contributed by atoms with Crippen molar-refractivity contribution in [2.45, 2.75) is 39.5 Å². The van der Waals surface area contributed by atoms with Crippen molar-refractivity contribution in [2.24, 2.45) is 5.92 Å². The van der Waals surface area contributed by atoms with Crippen LogP contribution in [-0.2, 0) is 0 Å². The zero-order valence-corrected chi connectivity index (χ0v) is 10.6. The van der Waals surface area contributed by atoms with E-state index in [-0.39, 0.29) is 11.7 Å². The van der Waals surface area contributed by atoms with E-state index in [4.69, 9.17) is 11.6 Å². The number of pyridine rings is 1. The Morgan fingerprint density at radius 1 is 1.50 bits per heavy atom. The number of carbonyl (C=O) groups excluding carboxylic acids is 1. The normalized spacial score (nSPS) is 12.4. The summed E-state index contributed by atoms with van der Waals surface area (Å²) < 4.78 is 0. The first kappa shape index (κ1) is 13.2. The van der Waals surface area contributed by atoms with E-state index >= 15 is 0 Å². The van der Waals surface area contributed by atoms with Crippen LogP contribution in [0.15, 0.2) is 18.5 Å². The fraction of sp³-hybridized carbons (Fsp3) is 0.538. The van der Waals surface area contributed by atoms with Crippen molar-refractivity contribution in [1.82, 2.24) is 4.98 Å². The van der Waals surface area contributed by atoms with Crippen LogP contribution < -0.4 is 0 Å². The van der Waals surface area contributed by atoms with Gasteiger partial charge in [0.1, 0.15) is 0 Å². The molecule has 0 spiro atoms. The Hall–Kier alpha value is -0.890. The fourth-order valence-corrected chi connectivity index (χ4v) is 1.98. The van der Waals surface area contributed by atoms with Gasteiger partial charge in [-0.15, -0.1) is 0 Å². The largest absolute Gasteiger partial charge is 0.294 e. The van der Waals surface area contributed by atoms with E-state index in [2.05, 4.69) is 11.9 Å². The number of hydrogen-bond acceptors (Lipinski definition) is 2. The number of rotatable bonds is 6. The minimum Gasteiger partial charge on any atom is -0.294 e. The number of nitrogens with zero attached hydrogens (tertiary/aromatic N) is 1. The Morgan fingerprint density at radius 2 is 2.25 bits per heavy atom. The molecule has 88 valence electrons. The molecule has 2 nitrogen and oxygen atoms in total. The van der Waals surface area contributed by atoms with Gasteiger partial charge in [0.2, 0.25) is 0 Å². The van der Waals surface area contributed by atoms with Crippen LogP contribution in [0.25, 0.3) is 0 Å². The average Bonchev–Trinajstić information content (AvgIpc) is 2.30. The van der Waals surface area contributed by atoms with Crippen LogP contribution in [0.4, 0.5) is 0 Å². The lowest BCUT2D eigenvalue weighted by Gasteiger charge is -2.13. The lowest BCUT2D eigenvalue weighted by atomic mass is 9.91. The van der Waals surface area contributed by atoms with E-state index in [1.54, 1.807) is 12.3 Å². The van der Waals surface area contributed by atoms with Crippen LogP contribution >= 0.6 is 11.6 Å². The van der Waals surface area contributed by atoms with Crippen molar-refractivity contribution >= 4 is 17.4 Å². The quantitative estimate of drug-likeness (QED) is 0.699. The molecule has 0 saturated carbocycles. The Morgan fingerprint density at radius 3 is 2.81 bits per heavy atom. The molecular formula is C13H18ClNO. The summed E-state index contributed by atoms with van der Waals surface area (Å²) in [5, 5.41) is 0.461. The van der Waals surface area contributed by atoms with Gasteiger partial charge in [-0.25, -0.2) is 0 Å². The standard InChI is InChI=1S/C13H18ClNO/c1-3-5-6-10(4-2)13(16)11-7-8-15-9-12(11)14/h7-10H,3-6H2,1-2H3/t10-/m0/s1. The molecule has 0 fully saturated rings. The van der Waals surface area contributed by atoms with E-state index in [9.17, 15) is 4.79 Å². The Balaban J connectivity index is 2.79. The molecule has 0 amide bonds. The molecule has 0 aliphatic rings. The molecule has 1 rings (SSSR count). The molecule has 16 heavy (non-hydrogen) atoms. The van der Waals surface area contributed by atoms with Gasteiger partial charge in [0.15, 0.2) is 5.78 Å². The first-order valence-electron chi connectivity index (χ1n) is 5.84. The first-order chi connectivity index (χ1) is 7.70. The predicted octanol–water partition coefficient (Wildman–Crippen LogP) is 4.13. The molecule has 0 saturated heterocycles. The third-order valence-electron chi connectivity index (χ3n) is 2.81. The fourth-order valence-electron chi connectivity index (χ4n) is 1.77. The van der Waals surface area contributed by atoms with Gasteiger partial charge in [-0.05, 0) is 18.9 Å². The maximum absolute atomic E-state index is 12.2. The smallest absolute Gasteiger partial charge is 0.167 e. The van der Waals surface area contributed by atoms with Crippen molar-refractivity contribution in [2.75, 3.05) is 0 Å². The molecule has 0 N–H and O–H groups in total. The molecule has 1 aromatic rings. The lowest BCUT2D eigenvalue weighted by molar-refractivity contribution is 0.0908. The van der Waals surface area contributed by atoms with Crippen molar-refractivity contribution in [3.63, 3.8) is 0 Å². The summed E-state index contributed by atoms with van der Waals surface area (Å²) in [6.07, 6.45) is 7.18. The van der Waals surface area contributed by atoms with E-state index in [1.165, 1.54) is 6.20 Å². The minimum absolute atomic E-state index is 0.0971. The molecule has 0 radical (unpaired) electrons. The van der Waals surface area contributed by atoms with Crippen LogP contribution in [-0.4, -0.2) is 10.8 Å². The van der Waals surface area contributed by atoms with Crippen molar-refractivity contribution in [3.05, 3.63) is 29.0 Å². The molecule has 1 heterocycles. The molecule has 0 aromatic carbocycles. The van der Waals surface area contributed by atoms with Crippen molar-refractivity contribution in [3.8, 4) is 0 Å². The van der Waals surface area contributed by atoms with Gasteiger partial charge in [0, 0.05) is 23.9 Å². The molecule has 0 unspecified atom stereocenters. The van der Waals surface area contributed by atoms with Crippen LogP contribution in [0.2, 0.25) is 5.02 Å². The third-order valence-corrected chi connectivity index (χ3v) is 3.11. The topological polar surface area (TPSA) is 30.0 Å².